The summed E-state index contributed by atoms with van der Waals surface area (Å²) in [5.41, 5.74) is 0.893. The Morgan fingerprint density at radius 3 is 2.63 bits per heavy atom. The molecular formula is C14H21N3O2. The lowest BCUT2D eigenvalue weighted by atomic mass is 9.73. The first-order valence-electron chi connectivity index (χ1n) is 7.00. The highest BCUT2D eigenvalue weighted by molar-refractivity contribution is 5.92. The van der Waals surface area contributed by atoms with E-state index in [2.05, 4.69) is 18.8 Å². The van der Waals surface area contributed by atoms with E-state index in [0.29, 0.717) is 17.2 Å². The number of rotatable bonds is 2. The first-order chi connectivity index (χ1) is 9.10. The minimum Gasteiger partial charge on any atom is -0.381 e. The van der Waals surface area contributed by atoms with E-state index in [-0.39, 0.29) is 5.91 Å². The molecule has 0 bridgehead atoms. The van der Waals surface area contributed by atoms with E-state index in [1.165, 1.54) is 0 Å². The van der Waals surface area contributed by atoms with Crippen LogP contribution in [0.3, 0.4) is 0 Å². The van der Waals surface area contributed by atoms with Gasteiger partial charge in [-0.2, -0.15) is 0 Å². The average Bonchev–Trinajstić information content (AvgIpc) is 2.85. The molecule has 3 heterocycles. The van der Waals surface area contributed by atoms with Gasteiger partial charge in [0.15, 0.2) is 0 Å². The lowest BCUT2D eigenvalue weighted by molar-refractivity contribution is -0.0667. The number of aromatic nitrogens is 2. The van der Waals surface area contributed by atoms with Crippen molar-refractivity contribution in [2.45, 2.75) is 32.7 Å². The topological polar surface area (TPSA) is 47.4 Å². The van der Waals surface area contributed by atoms with Crippen LogP contribution >= 0.6 is 0 Å². The number of likely N-dealkylation sites (tertiary alicyclic amines) is 1. The molecule has 5 heteroatoms. The summed E-state index contributed by atoms with van der Waals surface area (Å²) >= 11 is 0. The number of imidazole rings is 1. The van der Waals surface area contributed by atoms with Crippen LogP contribution in [0.1, 0.15) is 43.2 Å². The predicted molar refractivity (Wildman–Crippen MR) is 71.0 cm³/mol. The van der Waals surface area contributed by atoms with Crippen LogP contribution in [0, 0.1) is 5.41 Å². The van der Waals surface area contributed by atoms with E-state index in [1.54, 1.807) is 6.33 Å². The van der Waals surface area contributed by atoms with E-state index < -0.39 is 0 Å². The molecule has 2 fully saturated rings. The molecule has 1 amide bonds. The average molecular weight is 263 g/mol. The van der Waals surface area contributed by atoms with E-state index >= 15 is 0 Å². The first kappa shape index (κ1) is 12.7. The second kappa shape index (κ2) is 4.63. The maximum atomic E-state index is 12.3. The summed E-state index contributed by atoms with van der Waals surface area (Å²) in [5.74, 6) is 0.0662. The van der Waals surface area contributed by atoms with Crippen LogP contribution in [-0.4, -0.2) is 46.7 Å². The number of ether oxygens (including phenoxy) is 1. The van der Waals surface area contributed by atoms with E-state index in [1.807, 2.05) is 15.7 Å². The lowest BCUT2D eigenvalue weighted by Crippen LogP contribution is -2.60. The molecule has 0 unspecified atom stereocenters. The van der Waals surface area contributed by atoms with Gasteiger partial charge in [-0.15, -0.1) is 0 Å². The van der Waals surface area contributed by atoms with E-state index in [0.717, 1.165) is 39.1 Å². The highest BCUT2D eigenvalue weighted by Gasteiger charge is 2.46. The van der Waals surface area contributed by atoms with Crippen molar-refractivity contribution >= 4 is 5.91 Å². The summed E-state index contributed by atoms with van der Waals surface area (Å²) in [7, 11) is 0. The standard InChI is InChI=1S/C14H21N3O2/c1-11(2)16-7-12(15-10-16)13(18)17-8-14(9-17)3-5-19-6-4-14/h7,10-11H,3-6,8-9H2,1-2H3. The summed E-state index contributed by atoms with van der Waals surface area (Å²) in [6, 6.07) is 0.340. The maximum Gasteiger partial charge on any atom is 0.274 e. The molecule has 2 aliphatic rings. The van der Waals surface area contributed by atoms with Crippen LogP contribution in [0.15, 0.2) is 12.5 Å². The number of amides is 1. The molecule has 0 atom stereocenters. The Kier molecular flexibility index (Phi) is 3.09. The molecule has 0 N–H and O–H groups in total. The van der Waals surface area contributed by atoms with Crippen molar-refractivity contribution in [2.24, 2.45) is 5.41 Å². The molecular weight excluding hydrogens is 242 g/mol. The van der Waals surface area contributed by atoms with Crippen molar-refractivity contribution in [3.05, 3.63) is 18.2 Å². The zero-order chi connectivity index (χ0) is 13.5. The summed E-state index contributed by atoms with van der Waals surface area (Å²) in [6.07, 6.45) is 5.75. The first-order valence-corrected chi connectivity index (χ1v) is 7.00. The quantitative estimate of drug-likeness (QED) is 0.816. The van der Waals surface area contributed by atoms with E-state index in [4.69, 9.17) is 4.74 Å². The molecule has 19 heavy (non-hydrogen) atoms. The molecule has 5 nitrogen and oxygen atoms in total. The highest BCUT2D eigenvalue weighted by Crippen LogP contribution is 2.40. The predicted octanol–water partition coefficient (Wildman–Crippen LogP) is 1.72. The summed E-state index contributed by atoms with van der Waals surface area (Å²) in [6.45, 7) is 7.56. The van der Waals surface area contributed by atoms with Crippen LogP contribution in [0.5, 0.6) is 0 Å². The Morgan fingerprint density at radius 2 is 2.05 bits per heavy atom. The van der Waals surface area contributed by atoms with Gasteiger partial charge in [0.25, 0.3) is 5.91 Å². The smallest absolute Gasteiger partial charge is 0.274 e. The third kappa shape index (κ3) is 2.27. The molecule has 104 valence electrons. The molecule has 0 saturated carbocycles. The van der Waals surface area contributed by atoms with Crippen LogP contribution in [0.4, 0.5) is 0 Å². The maximum absolute atomic E-state index is 12.3. The van der Waals surface area contributed by atoms with Crippen LogP contribution in [-0.2, 0) is 4.74 Å². The zero-order valence-electron chi connectivity index (χ0n) is 11.6. The zero-order valence-corrected chi connectivity index (χ0v) is 11.6. The monoisotopic (exact) mass is 263 g/mol. The molecule has 0 radical (unpaired) electrons. The van der Waals surface area contributed by atoms with Gasteiger partial charge in [-0.3, -0.25) is 4.79 Å². The van der Waals surface area contributed by atoms with Gasteiger partial charge in [0.2, 0.25) is 0 Å². The van der Waals surface area contributed by atoms with Gasteiger partial charge in [-0.25, -0.2) is 4.98 Å². The number of carbonyl (C=O) groups is 1. The fourth-order valence-corrected chi connectivity index (χ4v) is 2.92. The molecule has 2 saturated heterocycles. The lowest BCUT2D eigenvalue weighted by Gasteiger charge is -2.51. The summed E-state index contributed by atoms with van der Waals surface area (Å²) < 4.78 is 7.36. The third-order valence-electron chi connectivity index (χ3n) is 4.31. The molecule has 0 aromatic carbocycles. The molecule has 0 aliphatic carbocycles. The normalized spacial score (nSPS) is 21.7. The van der Waals surface area contributed by atoms with E-state index in [9.17, 15) is 4.79 Å². The molecule has 1 aromatic heterocycles. The van der Waals surface area contributed by atoms with Crippen LogP contribution in [0.25, 0.3) is 0 Å². The van der Waals surface area contributed by atoms with Gasteiger partial charge in [-0.05, 0) is 26.7 Å². The second-order valence-electron chi connectivity index (χ2n) is 6.07. The number of hydrogen-bond acceptors (Lipinski definition) is 3. The minimum atomic E-state index is 0.0662. The number of hydrogen-bond donors (Lipinski definition) is 0. The van der Waals surface area contributed by atoms with Gasteiger partial charge in [0.05, 0.1) is 6.33 Å². The van der Waals surface area contributed by atoms with Crippen molar-refractivity contribution in [1.82, 2.24) is 14.5 Å². The van der Waals surface area contributed by atoms with Gasteiger partial charge < -0.3 is 14.2 Å². The van der Waals surface area contributed by atoms with Gasteiger partial charge in [0.1, 0.15) is 5.69 Å². The fourth-order valence-electron chi connectivity index (χ4n) is 2.92. The fraction of sp³-hybridized carbons (Fsp3) is 0.714. The molecule has 3 rings (SSSR count). The third-order valence-corrected chi connectivity index (χ3v) is 4.31. The Bertz CT molecular complexity index is 467. The van der Waals surface area contributed by atoms with Crippen LogP contribution in [0.2, 0.25) is 0 Å². The van der Waals surface area contributed by atoms with Crippen molar-refractivity contribution in [3.63, 3.8) is 0 Å². The Labute approximate surface area is 113 Å². The summed E-state index contributed by atoms with van der Waals surface area (Å²) in [4.78, 5) is 18.4. The van der Waals surface area contributed by atoms with Crippen molar-refractivity contribution in [1.29, 1.82) is 0 Å². The summed E-state index contributed by atoms with van der Waals surface area (Å²) in [5, 5.41) is 0. The number of carbonyl (C=O) groups excluding carboxylic acids is 1. The molecule has 1 spiro atoms. The van der Waals surface area contributed by atoms with Gasteiger partial charge in [0, 0.05) is 44.0 Å². The Balaban J connectivity index is 1.62. The SMILES string of the molecule is CC(C)n1cnc(C(=O)N2CC3(CCOCC3)C2)c1. The Hall–Kier alpha value is -1.36. The Morgan fingerprint density at radius 1 is 1.37 bits per heavy atom. The number of nitrogens with zero attached hydrogens (tertiary/aromatic N) is 3. The van der Waals surface area contributed by atoms with Gasteiger partial charge >= 0.3 is 0 Å². The van der Waals surface area contributed by atoms with Gasteiger partial charge in [-0.1, -0.05) is 0 Å². The molecule has 1 aromatic rings. The van der Waals surface area contributed by atoms with Crippen molar-refractivity contribution < 1.29 is 9.53 Å². The molecule has 2 aliphatic heterocycles. The second-order valence-corrected chi connectivity index (χ2v) is 6.07. The largest absolute Gasteiger partial charge is 0.381 e. The highest BCUT2D eigenvalue weighted by atomic mass is 16.5. The van der Waals surface area contributed by atoms with Crippen LogP contribution < -0.4 is 0 Å². The minimum absolute atomic E-state index is 0.0662. The van der Waals surface area contributed by atoms with Crippen molar-refractivity contribution in [2.75, 3.05) is 26.3 Å². The van der Waals surface area contributed by atoms with Crippen molar-refractivity contribution in [3.8, 4) is 0 Å².